The van der Waals surface area contributed by atoms with Crippen LogP contribution in [-0.4, -0.2) is 47.9 Å². The van der Waals surface area contributed by atoms with Crippen LogP contribution in [0.4, 0.5) is 0 Å². The maximum Gasteiger partial charge on any atom is 0.253 e. The third-order valence-electron chi connectivity index (χ3n) is 4.82. The van der Waals surface area contributed by atoms with E-state index in [4.69, 9.17) is 0 Å². The molecule has 26 heavy (non-hydrogen) atoms. The third kappa shape index (κ3) is 4.18. The van der Waals surface area contributed by atoms with E-state index >= 15 is 0 Å². The van der Waals surface area contributed by atoms with Gasteiger partial charge in [-0.15, -0.1) is 0 Å². The van der Waals surface area contributed by atoms with E-state index in [0.29, 0.717) is 31.5 Å². The van der Waals surface area contributed by atoms with Crippen LogP contribution >= 0.6 is 0 Å². The van der Waals surface area contributed by atoms with Gasteiger partial charge < -0.3 is 9.47 Å². The lowest BCUT2D eigenvalue weighted by Crippen LogP contribution is -2.43. The summed E-state index contributed by atoms with van der Waals surface area (Å²) in [6, 6.07) is 11.4. The van der Waals surface area contributed by atoms with Gasteiger partial charge in [-0.1, -0.05) is 13.8 Å². The van der Waals surface area contributed by atoms with Crippen LogP contribution in [0.5, 0.6) is 0 Å². The Morgan fingerprint density at radius 1 is 1.08 bits per heavy atom. The van der Waals surface area contributed by atoms with Gasteiger partial charge in [-0.2, -0.15) is 0 Å². The largest absolute Gasteiger partial charge is 0.339 e. The first-order valence-corrected chi connectivity index (χ1v) is 10.8. The van der Waals surface area contributed by atoms with Crippen LogP contribution in [-0.2, 0) is 9.84 Å². The molecule has 1 saturated heterocycles. The Hall–Kier alpha value is -2.08. The summed E-state index contributed by atoms with van der Waals surface area (Å²) in [4.78, 5) is 14.5. The number of carbonyl (C=O) groups excluding carboxylic acids is 1. The lowest BCUT2D eigenvalue weighted by atomic mass is 10.1. The van der Waals surface area contributed by atoms with E-state index in [0.717, 1.165) is 5.69 Å². The van der Waals surface area contributed by atoms with Crippen molar-refractivity contribution in [2.45, 2.75) is 31.9 Å². The van der Waals surface area contributed by atoms with Gasteiger partial charge in [0.2, 0.25) is 0 Å². The molecule has 0 spiro atoms. The highest BCUT2D eigenvalue weighted by Gasteiger charge is 2.32. The minimum Gasteiger partial charge on any atom is -0.339 e. The predicted molar refractivity (Wildman–Crippen MR) is 103 cm³/mol. The van der Waals surface area contributed by atoms with Gasteiger partial charge in [0.1, 0.15) is 0 Å². The van der Waals surface area contributed by atoms with Gasteiger partial charge in [0.05, 0.1) is 11.0 Å². The standard InChI is InChI=1S/C20H26N2O3S/c1-16(2)15-26(24,25)19-9-13-22(14-10-19)20(23)17-5-7-18(8-6-17)21-11-3-4-12-21/h3-8,11-12,16,19H,9-10,13-15H2,1-2H3. The normalized spacial score (nSPS) is 16.2. The lowest BCUT2D eigenvalue weighted by molar-refractivity contribution is 0.0725. The van der Waals surface area contributed by atoms with Gasteiger partial charge in [-0.05, 0) is 55.2 Å². The number of nitrogens with zero attached hydrogens (tertiary/aromatic N) is 2. The maximum absolute atomic E-state index is 12.7. The molecule has 0 bridgehead atoms. The fourth-order valence-corrected chi connectivity index (χ4v) is 5.61. The Labute approximate surface area is 155 Å². The zero-order chi connectivity index (χ0) is 18.7. The Morgan fingerprint density at radius 3 is 2.19 bits per heavy atom. The molecule has 0 aliphatic carbocycles. The molecule has 0 N–H and O–H groups in total. The van der Waals surface area contributed by atoms with Crippen LogP contribution in [0.15, 0.2) is 48.8 Å². The molecule has 1 aromatic carbocycles. The molecule has 6 heteroatoms. The Balaban J connectivity index is 1.62. The maximum atomic E-state index is 12.7. The molecule has 1 amide bonds. The first-order valence-electron chi connectivity index (χ1n) is 9.11. The zero-order valence-electron chi connectivity index (χ0n) is 15.3. The Bertz CT molecular complexity index is 832. The van der Waals surface area contributed by atoms with Crippen LogP contribution in [0.3, 0.4) is 0 Å². The van der Waals surface area contributed by atoms with Crippen molar-refractivity contribution < 1.29 is 13.2 Å². The third-order valence-corrected chi connectivity index (χ3v) is 7.44. The van der Waals surface area contributed by atoms with Crippen LogP contribution in [0.25, 0.3) is 5.69 Å². The molecule has 1 fully saturated rings. The summed E-state index contributed by atoms with van der Waals surface area (Å²) in [6.45, 7) is 4.85. The highest BCUT2D eigenvalue weighted by molar-refractivity contribution is 7.92. The topological polar surface area (TPSA) is 59.4 Å². The molecule has 0 radical (unpaired) electrons. The molecular formula is C20H26N2O3S. The van der Waals surface area contributed by atoms with E-state index in [2.05, 4.69) is 0 Å². The number of benzene rings is 1. The van der Waals surface area contributed by atoms with Crippen molar-refractivity contribution >= 4 is 15.7 Å². The molecule has 2 heterocycles. The summed E-state index contributed by atoms with van der Waals surface area (Å²) in [6.07, 6.45) is 4.98. The number of piperidine rings is 1. The average Bonchev–Trinajstić information content (AvgIpc) is 3.15. The summed E-state index contributed by atoms with van der Waals surface area (Å²) in [7, 11) is -3.07. The second-order valence-corrected chi connectivity index (χ2v) is 9.68. The Kier molecular flexibility index (Phi) is 5.51. The summed E-state index contributed by atoms with van der Waals surface area (Å²) >= 11 is 0. The highest BCUT2D eigenvalue weighted by atomic mass is 32.2. The molecule has 0 saturated carbocycles. The molecular weight excluding hydrogens is 348 g/mol. The molecule has 3 rings (SSSR count). The van der Waals surface area contributed by atoms with Crippen molar-refractivity contribution in [3.05, 3.63) is 54.4 Å². The quantitative estimate of drug-likeness (QED) is 0.808. The molecule has 1 aliphatic heterocycles. The first-order chi connectivity index (χ1) is 12.4. The minimum atomic E-state index is -3.07. The number of aromatic nitrogens is 1. The molecule has 1 aliphatic rings. The number of likely N-dealkylation sites (tertiary alicyclic amines) is 1. The van der Waals surface area contributed by atoms with Crippen molar-refractivity contribution in [2.75, 3.05) is 18.8 Å². The number of carbonyl (C=O) groups is 1. The van der Waals surface area contributed by atoms with Gasteiger partial charge in [0.15, 0.2) is 9.84 Å². The molecule has 140 valence electrons. The van der Waals surface area contributed by atoms with E-state index in [1.807, 2.05) is 67.2 Å². The summed E-state index contributed by atoms with van der Waals surface area (Å²) < 4.78 is 26.8. The van der Waals surface area contributed by atoms with Crippen LogP contribution < -0.4 is 0 Å². The van der Waals surface area contributed by atoms with E-state index in [9.17, 15) is 13.2 Å². The summed E-state index contributed by atoms with van der Waals surface area (Å²) in [5.74, 6) is 0.342. The smallest absolute Gasteiger partial charge is 0.253 e. The fraction of sp³-hybridized carbons (Fsp3) is 0.450. The van der Waals surface area contributed by atoms with Crippen molar-refractivity contribution in [3.63, 3.8) is 0 Å². The van der Waals surface area contributed by atoms with Gasteiger partial charge in [-0.25, -0.2) is 8.42 Å². The molecule has 0 atom stereocenters. The first kappa shape index (κ1) is 18.7. The van der Waals surface area contributed by atoms with E-state index in [1.54, 1.807) is 4.90 Å². The Morgan fingerprint density at radius 2 is 1.65 bits per heavy atom. The van der Waals surface area contributed by atoms with E-state index < -0.39 is 9.84 Å². The van der Waals surface area contributed by atoms with Crippen molar-refractivity contribution in [1.29, 1.82) is 0 Å². The molecule has 2 aromatic rings. The monoisotopic (exact) mass is 374 g/mol. The van der Waals surface area contributed by atoms with Gasteiger partial charge in [0, 0.05) is 36.7 Å². The number of sulfone groups is 1. The van der Waals surface area contributed by atoms with Gasteiger partial charge >= 0.3 is 0 Å². The average molecular weight is 375 g/mol. The van der Waals surface area contributed by atoms with Gasteiger partial charge in [0.25, 0.3) is 5.91 Å². The number of rotatable bonds is 5. The van der Waals surface area contributed by atoms with Crippen LogP contribution in [0.2, 0.25) is 0 Å². The molecule has 5 nitrogen and oxygen atoms in total. The van der Waals surface area contributed by atoms with Gasteiger partial charge in [-0.3, -0.25) is 4.79 Å². The second-order valence-electron chi connectivity index (χ2n) is 7.35. The van der Waals surface area contributed by atoms with Crippen LogP contribution in [0, 0.1) is 5.92 Å². The number of hydrogen-bond donors (Lipinski definition) is 0. The van der Waals surface area contributed by atoms with Crippen molar-refractivity contribution in [3.8, 4) is 5.69 Å². The zero-order valence-corrected chi connectivity index (χ0v) is 16.2. The summed E-state index contributed by atoms with van der Waals surface area (Å²) in [5, 5.41) is -0.315. The fourth-order valence-electron chi connectivity index (χ4n) is 3.48. The highest BCUT2D eigenvalue weighted by Crippen LogP contribution is 2.22. The number of hydrogen-bond acceptors (Lipinski definition) is 3. The summed E-state index contributed by atoms with van der Waals surface area (Å²) in [5.41, 5.74) is 1.65. The minimum absolute atomic E-state index is 0.0243. The SMILES string of the molecule is CC(C)CS(=O)(=O)C1CCN(C(=O)c2ccc(-n3cccc3)cc2)CC1. The van der Waals surface area contributed by atoms with Crippen molar-refractivity contribution in [2.24, 2.45) is 5.92 Å². The van der Waals surface area contributed by atoms with Crippen LogP contribution in [0.1, 0.15) is 37.0 Å². The molecule has 0 unspecified atom stereocenters. The van der Waals surface area contributed by atoms with E-state index in [1.165, 1.54) is 0 Å². The second kappa shape index (κ2) is 7.66. The number of amides is 1. The van der Waals surface area contributed by atoms with Crippen molar-refractivity contribution in [1.82, 2.24) is 9.47 Å². The molecule has 1 aromatic heterocycles. The van der Waals surface area contributed by atoms with E-state index in [-0.39, 0.29) is 22.8 Å². The predicted octanol–water partition coefficient (Wildman–Crippen LogP) is 3.15. The lowest BCUT2D eigenvalue weighted by Gasteiger charge is -2.32.